The summed E-state index contributed by atoms with van der Waals surface area (Å²) >= 11 is 3.43. The molecule has 20 heavy (non-hydrogen) atoms. The van der Waals surface area contributed by atoms with Gasteiger partial charge in [0.25, 0.3) is 5.91 Å². The van der Waals surface area contributed by atoms with E-state index in [1.165, 1.54) is 0 Å². The molecule has 2 rings (SSSR count). The Kier molecular flexibility index (Phi) is 4.52. The van der Waals surface area contributed by atoms with Crippen LogP contribution in [0.3, 0.4) is 0 Å². The quantitative estimate of drug-likeness (QED) is 0.827. The topological polar surface area (TPSA) is 45.6 Å². The molecule has 6 heteroatoms. The first-order valence-electron chi connectivity index (χ1n) is 6.82. The number of halogens is 1. The third kappa shape index (κ3) is 3.06. The van der Waals surface area contributed by atoms with Crippen LogP contribution in [-0.2, 0) is 4.79 Å². The predicted molar refractivity (Wildman–Crippen MR) is 80.7 cm³/mol. The van der Waals surface area contributed by atoms with E-state index in [0.29, 0.717) is 31.9 Å². The second-order valence-corrected chi connectivity index (χ2v) is 6.26. The molecule has 0 bridgehead atoms. The van der Waals surface area contributed by atoms with Gasteiger partial charge in [0, 0.05) is 49.8 Å². The lowest BCUT2D eigenvalue weighted by molar-refractivity contribution is -0.130. The van der Waals surface area contributed by atoms with Crippen molar-refractivity contribution in [3.05, 3.63) is 22.4 Å². The molecule has 0 aliphatic carbocycles. The highest BCUT2D eigenvalue weighted by atomic mass is 79.9. The van der Waals surface area contributed by atoms with E-state index in [0.717, 1.165) is 4.47 Å². The second kappa shape index (κ2) is 5.99. The maximum atomic E-state index is 12.6. The summed E-state index contributed by atoms with van der Waals surface area (Å²) in [6, 6.07) is 2.10. The van der Waals surface area contributed by atoms with Crippen LogP contribution in [0, 0.1) is 0 Å². The van der Waals surface area contributed by atoms with Crippen LogP contribution in [0.1, 0.15) is 37.3 Å². The fourth-order valence-corrected chi connectivity index (χ4v) is 2.87. The van der Waals surface area contributed by atoms with E-state index in [1.54, 1.807) is 11.8 Å². The lowest BCUT2D eigenvalue weighted by Gasteiger charge is -2.34. The Bertz CT molecular complexity index is 516. The molecule has 0 aromatic carbocycles. The number of carbonyl (C=O) groups is 2. The number of carbonyl (C=O) groups excluding carboxylic acids is 2. The summed E-state index contributed by atoms with van der Waals surface area (Å²) in [5, 5.41) is 0. The number of rotatable bonds is 2. The van der Waals surface area contributed by atoms with Gasteiger partial charge >= 0.3 is 0 Å². The van der Waals surface area contributed by atoms with Gasteiger partial charge in [-0.2, -0.15) is 0 Å². The average molecular weight is 342 g/mol. The highest BCUT2D eigenvalue weighted by molar-refractivity contribution is 9.10. The van der Waals surface area contributed by atoms with E-state index in [-0.39, 0.29) is 17.9 Å². The molecule has 1 aliphatic rings. The smallest absolute Gasteiger partial charge is 0.270 e. The summed E-state index contributed by atoms with van der Waals surface area (Å²) in [5.41, 5.74) is 0.697. The van der Waals surface area contributed by atoms with E-state index < -0.39 is 0 Å². The Morgan fingerprint density at radius 1 is 1.15 bits per heavy atom. The summed E-state index contributed by atoms with van der Waals surface area (Å²) in [6.45, 7) is 8.10. The fraction of sp³-hybridized carbons (Fsp3) is 0.571. The third-order valence-corrected chi connectivity index (χ3v) is 4.04. The first-order valence-corrected chi connectivity index (χ1v) is 7.61. The highest BCUT2D eigenvalue weighted by Crippen LogP contribution is 2.21. The van der Waals surface area contributed by atoms with Crippen molar-refractivity contribution in [1.29, 1.82) is 0 Å². The standard InChI is InChI=1S/C14H20BrN3O2/c1-10(2)18-9-12(15)8-13(18)14(20)17-6-4-16(5-7-17)11(3)19/h8-10H,4-7H2,1-3H3. The average Bonchev–Trinajstić information content (AvgIpc) is 2.80. The van der Waals surface area contributed by atoms with Gasteiger partial charge in [0.2, 0.25) is 5.91 Å². The highest BCUT2D eigenvalue weighted by Gasteiger charge is 2.25. The van der Waals surface area contributed by atoms with Crippen molar-refractivity contribution in [2.24, 2.45) is 0 Å². The molecular formula is C14H20BrN3O2. The molecule has 1 aliphatic heterocycles. The Morgan fingerprint density at radius 2 is 1.70 bits per heavy atom. The van der Waals surface area contributed by atoms with Gasteiger partial charge in [-0.25, -0.2) is 0 Å². The van der Waals surface area contributed by atoms with Crippen molar-refractivity contribution < 1.29 is 9.59 Å². The number of nitrogens with zero attached hydrogens (tertiary/aromatic N) is 3. The zero-order valence-corrected chi connectivity index (χ0v) is 13.7. The molecule has 0 N–H and O–H groups in total. The minimum absolute atomic E-state index is 0.0348. The van der Waals surface area contributed by atoms with Crippen LogP contribution in [0.4, 0.5) is 0 Å². The van der Waals surface area contributed by atoms with Crippen molar-refractivity contribution in [3.63, 3.8) is 0 Å². The third-order valence-electron chi connectivity index (χ3n) is 3.60. The normalized spacial score (nSPS) is 15.8. The molecule has 0 spiro atoms. The largest absolute Gasteiger partial charge is 0.340 e. The molecule has 1 saturated heterocycles. The molecule has 0 radical (unpaired) electrons. The molecule has 2 heterocycles. The summed E-state index contributed by atoms with van der Waals surface area (Å²) in [5.74, 6) is 0.109. The van der Waals surface area contributed by atoms with Crippen molar-refractivity contribution in [3.8, 4) is 0 Å². The SMILES string of the molecule is CC(=O)N1CCN(C(=O)c2cc(Br)cn2C(C)C)CC1. The van der Waals surface area contributed by atoms with Gasteiger partial charge in [-0.3, -0.25) is 9.59 Å². The zero-order valence-electron chi connectivity index (χ0n) is 12.1. The fourth-order valence-electron chi connectivity index (χ4n) is 2.43. The van der Waals surface area contributed by atoms with E-state index in [2.05, 4.69) is 29.8 Å². The molecule has 110 valence electrons. The number of hydrogen-bond donors (Lipinski definition) is 0. The molecule has 1 aromatic heterocycles. The number of aromatic nitrogens is 1. The molecule has 0 saturated carbocycles. The first kappa shape index (κ1) is 15.1. The minimum Gasteiger partial charge on any atom is -0.340 e. The molecule has 5 nitrogen and oxygen atoms in total. The first-order chi connectivity index (χ1) is 9.40. The molecule has 0 atom stereocenters. The van der Waals surface area contributed by atoms with Crippen molar-refractivity contribution in [1.82, 2.24) is 14.4 Å². The van der Waals surface area contributed by atoms with Crippen molar-refractivity contribution >= 4 is 27.7 Å². The van der Waals surface area contributed by atoms with E-state index in [9.17, 15) is 9.59 Å². The van der Waals surface area contributed by atoms with Crippen LogP contribution >= 0.6 is 15.9 Å². The van der Waals surface area contributed by atoms with E-state index in [4.69, 9.17) is 0 Å². The van der Waals surface area contributed by atoms with E-state index >= 15 is 0 Å². The molecular weight excluding hydrogens is 322 g/mol. The Labute approximate surface area is 127 Å². The molecule has 1 fully saturated rings. The van der Waals surface area contributed by atoms with Crippen LogP contribution in [0.2, 0.25) is 0 Å². The maximum Gasteiger partial charge on any atom is 0.270 e. The summed E-state index contributed by atoms with van der Waals surface area (Å²) in [7, 11) is 0. The van der Waals surface area contributed by atoms with Crippen LogP contribution in [0.5, 0.6) is 0 Å². The lowest BCUT2D eigenvalue weighted by Crippen LogP contribution is -2.50. The van der Waals surface area contributed by atoms with Crippen molar-refractivity contribution in [2.75, 3.05) is 26.2 Å². The van der Waals surface area contributed by atoms with Gasteiger partial charge in [-0.15, -0.1) is 0 Å². The second-order valence-electron chi connectivity index (χ2n) is 5.34. The Balaban J connectivity index is 2.11. The number of amides is 2. The summed E-state index contributed by atoms with van der Waals surface area (Å²) in [6.07, 6.45) is 1.93. The van der Waals surface area contributed by atoms with Gasteiger partial charge in [0.05, 0.1) is 0 Å². The van der Waals surface area contributed by atoms with Crippen LogP contribution < -0.4 is 0 Å². The van der Waals surface area contributed by atoms with Gasteiger partial charge in [0.15, 0.2) is 0 Å². The van der Waals surface area contributed by atoms with Gasteiger partial charge in [0.1, 0.15) is 5.69 Å². The van der Waals surface area contributed by atoms with Crippen LogP contribution in [0.15, 0.2) is 16.7 Å². The van der Waals surface area contributed by atoms with Gasteiger partial charge in [-0.1, -0.05) is 0 Å². The summed E-state index contributed by atoms with van der Waals surface area (Å²) in [4.78, 5) is 27.5. The van der Waals surface area contributed by atoms with Crippen LogP contribution in [-0.4, -0.2) is 52.4 Å². The van der Waals surface area contributed by atoms with Crippen molar-refractivity contribution in [2.45, 2.75) is 26.8 Å². The van der Waals surface area contributed by atoms with Gasteiger partial charge < -0.3 is 14.4 Å². The number of hydrogen-bond acceptors (Lipinski definition) is 2. The van der Waals surface area contributed by atoms with E-state index in [1.807, 2.05) is 21.7 Å². The number of piperazine rings is 1. The monoisotopic (exact) mass is 341 g/mol. The summed E-state index contributed by atoms with van der Waals surface area (Å²) < 4.78 is 2.89. The molecule has 1 aromatic rings. The lowest BCUT2D eigenvalue weighted by atomic mass is 10.2. The Morgan fingerprint density at radius 3 is 2.20 bits per heavy atom. The predicted octanol–water partition coefficient (Wildman–Crippen LogP) is 2.14. The maximum absolute atomic E-state index is 12.6. The Hall–Kier alpha value is -1.30. The minimum atomic E-state index is 0.0348. The van der Waals surface area contributed by atoms with Gasteiger partial charge in [-0.05, 0) is 35.8 Å². The zero-order chi connectivity index (χ0) is 14.9. The molecule has 2 amide bonds. The van der Waals surface area contributed by atoms with Crippen LogP contribution in [0.25, 0.3) is 0 Å². The molecule has 0 unspecified atom stereocenters.